The molecular weight excluding hydrogens is 1030 g/mol. The SMILES string of the molecule is CCCCCCCCCCCCCC(=O)OC[C@H](COP(=O)(O)OC[C@@H](O)COP(=O)(O)OC[C@@H](COC(=O)CCCCCCC)OC(=O)CCCCCCCCC(C)CC)OC(=O)CCCCCCCCCCC(C)C. The van der Waals surface area contributed by atoms with Crippen LogP contribution >= 0.6 is 15.6 Å². The second-order valence-corrected chi connectivity index (χ2v) is 24.7. The average Bonchev–Trinajstić information content (AvgIpc) is 3.39. The van der Waals surface area contributed by atoms with Gasteiger partial charge in [-0.15, -0.1) is 0 Å². The molecule has 0 rings (SSSR count). The lowest BCUT2D eigenvalue weighted by atomic mass is 10.00. The number of hydrogen-bond donors (Lipinski definition) is 3. The maximum atomic E-state index is 12.9. The summed E-state index contributed by atoms with van der Waals surface area (Å²) < 4.78 is 67.5. The van der Waals surface area contributed by atoms with Crippen molar-refractivity contribution >= 4 is 39.5 Å². The van der Waals surface area contributed by atoms with Gasteiger partial charge in [0.15, 0.2) is 12.2 Å². The number of carbonyl (C=O) groups excluding carboxylic acids is 4. The summed E-state index contributed by atoms with van der Waals surface area (Å²) in [7, 11) is -9.87. The van der Waals surface area contributed by atoms with E-state index in [2.05, 4.69) is 41.5 Å². The van der Waals surface area contributed by atoms with Gasteiger partial charge in [0.05, 0.1) is 26.4 Å². The van der Waals surface area contributed by atoms with E-state index in [4.69, 9.17) is 37.0 Å². The molecule has 0 aliphatic heterocycles. The Labute approximate surface area is 467 Å². The lowest BCUT2D eigenvalue weighted by Crippen LogP contribution is -2.30. The molecule has 19 heteroatoms. The molecule has 0 spiro atoms. The first-order valence-electron chi connectivity index (χ1n) is 30.5. The number of ether oxygens (including phenoxy) is 4. The van der Waals surface area contributed by atoms with Gasteiger partial charge in [-0.2, -0.15) is 0 Å². The molecule has 6 atom stereocenters. The van der Waals surface area contributed by atoms with Crippen LogP contribution in [0.3, 0.4) is 0 Å². The molecule has 0 amide bonds. The molecule has 0 aromatic heterocycles. The number of phosphoric ester groups is 2. The number of rotatable bonds is 57. The number of unbranched alkanes of at least 4 members (excludes halogenated alkanes) is 26. The predicted octanol–water partition coefficient (Wildman–Crippen LogP) is 15.3. The number of esters is 4. The molecule has 0 saturated heterocycles. The van der Waals surface area contributed by atoms with Gasteiger partial charge in [0.25, 0.3) is 0 Å². The second kappa shape index (κ2) is 51.0. The largest absolute Gasteiger partial charge is 0.472 e. The first-order chi connectivity index (χ1) is 36.9. The maximum absolute atomic E-state index is 12.9. The molecule has 3 unspecified atom stereocenters. The molecule has 0 bridgehead atoms. The van der Waals surface area contributed by atoms with E-state index >= 15 is 0 Å². The highest BCUT2D eigenvalue weighted by atomic mass is 31.2. The summed E-state index contributed by atoms with van der Waals surface area (Å²) in [5.41, 5.74) is 0. The van der Waals surface area contributed by atoms with Crippen molar-refractivity contribution in [3.8, 4) is 0 Å². The molecule has 0 heterocycles. The summed E-state index contributed by atoms with van der Waals surface area (Å²) in [5.74, 6) is -0.718. The van der Waals surface area contributed by atoms with E-state index in [9.17, 15) is 43.2 Å². The van der Waals surface area contributed by atoms with Crippen molar-refractivity contribution in [3.05, 3.63) is 0 Å². The molecule has 17 nitrogen and oxygen atoms in total. The summed E-state index contributed by atoms with van der Waals surface area (Å²) in [4.78, 5) is 71.7. The third-order valence-electron chi connectivity index (χ3n) is 13.6. The van der Waals surface area contributed by atoms with Gasteiger partial charge in [0, 0.05) is 25.7 Å². The second-order valence-electron chi connectivity index (χ2n) is 21.7. The Hall–Kier alpha value is -1.94. The number of aliphatic hydroxyl groups excluding tert-OH is 1. The molecule has 0 aliphatic rings. The zero-order chi connectivity index (χ0) is 57.3. The van der Waals surface area contributed by atoms with Crippen LogP contribution in [0.4, 0.5) is 0 Å². The summed E-state index contributed by atoms with van der Waals surface area (Å²) in [6.07, 6.45) is 31.1. The minimum absolute atomic E-state index is 0.102. The van der Waals surface area contributed by atoms with Crippen molar-refractivity contribution in [2.45, 2.75) is 297 Å². The van der Waals surface area contributed by atoms with Gasteiger partial charge in [-0.3, -0.25) is 37.3 Å². The highest BCUT2D eigenvalue weighted by Crippen LogP contribution is 2.45. The monoisotopic (exact) mass is 1140 g/mol. The fraction of sp³-hybridized carbons (Fsp3) is 0.931. The minimum atomic E-state index is -4.94. The first kappa shape index (κ1) is 75.1. The van der Waals surface area contributed by atoms with Gasteiger partial charge in [0.2, 0.25) is 0 Å². The maximum Gasteiger partial charge on any atom is 0.472 e. The molecule has 77 heavy (non-hydrogen) atoms. The Bertz CT molecular complexity index is 1530. The van der Waals surface area contributed by atoms with Crippen molar-refractivity contribution in [1.82, 2.24) is 0 Å². The Morgan fingerprint density at radius 2 is 0.662 bits per heavy atom. The number of carbonyl (C=O) groups is 4. The van der Waals surface area contributed by atoms with Crippen LogP contribution in [0.1, 0.15) is 279 Å². The van der Waals surface area contributed by atoms with E-state index < -0.39 is 97.5 Å². The zero-order valence-corrected chi connectivity index (χ0v) is 51.0. The number of hydrogen-bond acceptors (Lipinski definition) is 15. The minimum Gasteiger partial charge on any atom is -0.462 e. The van der Waals surface area contributed by atoms with Crippen LogP contribution in [-0.2, 0) is 65.4 Å². The smallest absolute Gasteiger partial charge is 0.462 e. The van der Waals surface area contributed by atoms with Crippen LogP contribution in [0.5, 0.6) is 0 Å². The first-order valence-corrected chi connectivity index (χ1v) is 33.5. The Morgan fingerprint density at radius 1 is 0.377 bits per heavy atom. The van der Waals surface area contributed by atoms with Crippen LogP contribution in [-0.4, -0.2) is 96.7 Å². The number of phosphoric acid groups is 2. The average molecular weight is 1140 g/mol. The third-order valence-corrected chi connectivity index (χ3v) is 15.5. The highest BCUT2D eigenvalue weighted by molar-refractivity contribution is 7.47. The van der Waals surface area contributed by atoms with E-state index in [-0.39, 0.29) is 25.7 Å². The van der Waals surface area contributed by atoms with Gasteiger partial charge < -0.3 is 33.8 Å². The standard InChI is InChI=1S/C58H112O17P2/c1-7-10-12-14-15-16-17-18-22-29-35-41-56(61)69-47-54(74-57(62)42-36-30-23-20-19-21-27-32-38-50(4)5)49-73-77(66,67)71-45-52(59)44-70-76(64,65)72-48-53(46-68-55(60)40-34-26-13-11-8-2)75-58(63)43-37-31-25-24-28-33-39-51(6)9-3/h50-54,59H,7-49H2,1-6H3,(H,64,65)(H,66,67)/t51?,52-,53+,54+/m0/s1. The fourth-order valence-electron chi connectivity index (χ4n) is 8.44. The zero-order valence-electron chi connectivity index (χ0n) is 49.2. The van der Waals surface area contributed by atoms with Crippen molar-refractivity contribution in [2.75, 3.05) is 39.6 Å². The molecule has 0 aromatic carbocycles. The summed E-state index contributed by atoms with van der Waals surface area (Å²) in [6.45, 7) is 9.26. The van der Waals surface area contributed by atoms with Gasteiger partial charge >= 0.3 is 39.5 Å². The fourth-order valence-corrected chi connectivity index (χ4v) is 10.0. The van der Waals surface area contributed by atoms with Crippen LogP contribution < -0.4 is 0 Å². The van der Waals surface area contributed by atoms with Crippen molar-refractivity contribution in [1.29, 1.82) is 0 Å². The molecule has 0 radical (unpaired) electrons. The van der Waals surface area contributed by atoms with E-state index in [1.807, 2.05) is 0 Å². The summed E-state index contributed by atoms with van der Waals surface area (Å²) >= 11 is 0. The third kappa shape index (κ3) is 51.9. The molecular formula is C58H112O17P2. The molecule has 456 valence electrons. The van der Waals surface area contributed by atoms with Crippen molar-refractivity contribution in [3.63, 3.8) is 0 Å². The molecule has 3 N–H and O–H groups in total. The number of aliphatic hydroxyl groups is 1. The predicted molar refractivity (Wildman–Crippen MR) is 303 cm³/mol. The van der Waals surface area contributed by atoms with Gasteiger partial charge in [-0.25, -0.2) is 9.13 Å². The summed E-state index contributed by atoms with van der Waals surface area (Å²) in [6, 6.07) is 0. The van der Waals surface area contributed by atoms with E-state index in [1.54, 1.807) is 0 Å². The van der Waals surface area contributed by atoms with Crippen LogP contribution in [0, 0.1) is 11.8 Å². The molecule has 0 aliphatic carbocycles. The summed E-state index contributed by atoms with van der Waals surface area (Å²) in [5, 5.41) is 10.5. The topological polar surface area (TPSA) is 237 Å². The van der Waals surface area contributed by atoms with Crippen molar-refractivity contribution in [2.24, 2.45) is 11.8 Å². The Balaban J connectivity index is 5.20. The van der Waals surface area contributed by atoms with Gasteiger partial charge in [0.1, 0.15) is 19.3 Å². The van der Waals surface area contributed by atoms with Crippen LogP contribution in [0.15, 0.2) is 0 Å². The lowest BCUT2D eigenvalue weighted by molar-refractivity contribution is -0.161. The Morgan fingerprint density at radius 3 is 0.987 bits per heavy atom. The molecule has 0 saturated carbocycles. The van der Waals surface area contributed by atoms with E-state index in [1.165, 1.54) is 89.9 Å². The molecule has 0 fully saturated rings. The van der Waals surface area contributed by atoms with E-state index in [0.717, 1.165) is 108 Å². The van der Waals surface area contributed by atoms with E-state index in [0.29, 0.717) is 25.7 Å². The Kier molecular flexibility index (Phi) is 49.7. The van der Waals surface area contributed by atoms with Crippen LogP contribution in [0.25, 0.3) is 0 Å². The van der Waals surface area contributed by atoms with Crippen LogP contribution in [0.2, 0.25) is 0 Å². The highest BCUT2D eigenvalue weighted by Gasteiger charge is 2.30. The normalized spacial score (nSPS) is 14.8. The van der Waals surface area contributed by atoms with Crippen molar-refractivity contribution < 1.29 is 80.2 Å². The molecule has 0 aromatic rings. The van der Waals surface area contributed by atoms with Gasteiger partial charge in [-0.1, -0.05) is 228 Å². The quantitative estimate of drug-likeness (QED) is 0.0222. The van der Waals surface area contributed by atoms with Gasteiger partial charge in [-0.05, 0) is 37.5 Å². The lowest BCUT2D eigenvalue weighted by Gasteiger charge is -2.21.